The third-order valence-corrected chi connectivity index (χ3v) is 2.96. The van der Waals surface area contributed by atoms with Gasteiger partial charge >= 0.3 is 0 Å². The SMILES string of the molecule is CC(C)Oc1cccc(C(=O)N2CCN[C@H](C)C2)n1. The van der Waals surface area contributed by atoms with E-state index in [1.807, 2.05) is 24.8 Å². The molecule has 1 fully saturated rings. The fourth-order valence-electron chi connectivity index (χ4n) is 2.12. The molecular formula is C14H21N3O2. The summed E-state index contributed by atoms with van der Waals surface area (Å²) in [4.78, 5) is 18.5. The molecule has 19 heavy (non-hydrogen) atoms. The summed E-state index contributed by atoms with van der Waals surface area (Å²) in [7, 11) is 0. The normalized spacial score (nSPS) is 19.6. The van der Waals surface area contributed by atoms with Gasteiger partial charge in [-0.05, 0) is 26.8 Å². The van der Waals surface area contributed by atoms with Crippen molar-refractivity contribution in [2.45, 2.75) is 32.9 Å². The zero-order chi connectivity index (χ0) is 13.8. The van der Waals surface area contributed by atoms with Gasteiger partial charge in [-0.25, -0.2) is 4.98 Å². The van der Waals surface area contributed by atoms with Crippen molar-refractivity contribution in [3.8, 4) is 5.88 Å². The van der Waals surface area contributed by atoms with Gasteiger partial charge in [0.05, 0.1) is 6.10 Å². The van der Waals surface area contributed by atoms with Crippen LogP contribution in [0.15, 0.2) is 18.2 Å². The molecule has 0 unspecified atom stereocenters. The zero-order valence-corrected chi connectivity index (χ0v) is 11.7. The molecule has 1 aromatic rings. The predicted molar refractivity (Wildman–Crippen MR) is 73.4 cm³/mol. The summed E-state index contributed by atoms with van der Waals surface area (Å²) in [5, 5.41) is 3.32. The maximum absolute atomic E-state index is 12.4. The minimum absolute atomic E-state index is 0.0254. The number of nitrogens with zero attached hydrogens (tertiary/aromatic N) is 2. The molecule has 1 aliphatic heterocycles. The summed E-state index contributed by atoms with van der Waals surface area (Å²) >= 11 is 0. The van der Waals surface area contributed by atoms with Gasteiger partial charge in [-0.2, -0.15) is 0 Å². The smallest absolute Gasteiger partial charge is 0.272 e. The van der Waals surface area contributed by atoms with Crippen LogP contribution in [0.1, 0.15) is 31.3 Å². The number of pyridine rings is 1. The number of carbonyl (C=O) groups excluding carboxylic acids is 1. The second kappa shape index (κ2) is 6.02. The van der Waals surface area contributed by atoms with Crippen LogP contribution in [0.2, 0.25) is 0 Å². The predicted octanol–water partition coefficient (Wildman–Crippen LogP) is 1.30. The van der Waals surface area contributed by atoms with Gasteiger partial charge in [-0.3, -0.25) is 4.79 Å². The monoisotopic (exact) mass is 263 g/mol. The number of piperazine rings is 1. The first-order valence-corrected chi connectivity index (χ1v) is 6.72. The van der Waals surface area contributed by atoms with E-state index < -0.39 is 0 Å². The Morgan fingerprint density at radius 1 is 1.53 bits per heavy atom. The Morgan fingerprint density at radius 2 is 2.32 bits per heavy atom. The van der Waals surface area contributed by atoms with Gasteiger partial charge in [0.2, 0.25) is 5.88 Å². The molecule has 2 heterocycles. The second-order valence-electron chi connectivity index (χ2n) is 5.13. The van der Waals surface area contributed by atoms with E-state index in [4.69, 9.17) is 4.74 Å². The van der Waals surface area contributed by atoms with E-state index >= 15 is 0 Å². The third kappa shape index (κ3) is 3.67. The van der Waals surface area contributed by atoms with E-state index in [1.54, 1.807) is 12.1 Å². The van der Waals surface area contributed by atoms with Crippen molar-refractivity contribution in [3.05, 3.63) is 23.9 Å². The van der Waals surface area contributed by atoms with Crippen molar-refractivity contribution in [1.82, 2.24) is 15.2 Å². The van der Waals surface area contributed by atoms with Gasteiger partial charge in [-0.15, -0.1) is 0 Å². The van der Waals surface area contributed by atoms with Crippen LogP contribution in [0, 0.1) is 0 Å². The minimum Gasteiger partial charge on any atom is -0.475 e. The molecule has 0 aromatic carbocycles. The van der Waals surface area contributed by atoms with Gasteiger partial charge in [0.15, 0.2) is 0 Å². The Kier molecular flexibility index (Phi) is 4.37. The summed E-state index contributed by atoms with van der Waals surface area (Å²) in [5.41, 5.74) is 0.451. The lowest BCUT2D eigenvalue weighted by atomic mass is 10.2. The van der Waals surface area contributed by atoms with E-state index in [1.165, 1.54) is 0 Å². The molecule has 1 saturated heterocycles. The highest BCUT2D eigenvalue weighted by molar-refractivity contribution is 5.92. The average molecular weight is 263 g/mol. The molecule has 1 amide bonds. The average Bonchev–Trinajstić information content (AvgIpc) is 2.37. The van der Waals surface area contributed by atoms with Crippen LogP contribution in [-0.2, 0) is 0 Å². The fraction of sp³-hybridized carbons (Fsp3) is 0.571. The lowest BCUT2D eigenvalue weighted by Gasteiger charge is -2.31. The van der Waals surface area contributed by atoms with Gasteiger partial charge in [0, 0.05) is 31.7 Å². The highest BCUT2D eigenvalue weighted by atomic mass is 16.5. The summed E-state index contributed by atoms with van der Waals surface area (Å²) < 4.78 is 5.52. The van der Waals surface area contributed by atoms with Crippen molar-refractivity contribution in [3.63, 3.8) is 0 Å². The molecule has 0 bridgehead atoms. The molecular weight excluding hydrogens is 242 g/mol. The molecule has 1 aliphatic rings. The van der Waals surface area contributed by atoms with Crippen LogP contribution in [0.4, 0.5) is 0 Å². The van der Waals surface area contributed by atoms with E-state index in [0.29, 0.717) is 17.6 Å². The van der Waals surface area contributed by atoms with E-state index in [9.17, 15) is 4.79 Å². The molecule has 1 N–H and O–H groups in total. The Balaban J connectivity index is 2.10. The molecule has 5 heteroatoms. The summed E-state index contributed by atoms with van der Waals surface area (Å²) in [5.74, 6) is 0.478. The summed E-state index contributed by atoms with van der Waals surface area (Å²) in [6.45, 7) is 8.22. The molecule has 0 aliphatic carbocycles. The second-order valence-corrected chi connectivity index (χ2v) is 5.13. The summed E-state index contributed by atoms with van der Waals surface area (Å²) in [6, 6.07) is 5.65. The maximum Gasteiger partial charge on any atom is 0.272 e. The number of hydrogen-bond donors (Lipinski definition) is 1. The Morgan fingerprint density at radius 3 is 3.00 bits per heavy atom. The number of hydrogen-bond acceptors (Lipinski definition) is 4. The van der Waals surface area contributed by atoms with Crippen molar-refractivity contribution >= 4 is 5.91 Å². The quantitative estimate of drug-likeness (QED) is 0.893. The van der Waals surface area contributed by atoms with Crippen molar-refractivity contribution in [2.24, 2.45) is 0 Å². The van der Waals surface area contributed by atoms with Crippen LogP contribution in [0.25, 0.3) is 0 Å². The third-order valence-electron chi connectivity index (χ3n) is 2.96. The van der Waals surface area contributed by atoms with Crippen molar-refractivity contribution in [1.29, 1.82) is 0 Å². The molecule has 104 valence electrons. The highest BCUT2D eigenvalue weighted by Crippen LogP contribution is 2.12. The number of amides is 1. The molecule has 5 nitrogen and oxygen atoms in total. The zero-order valence-electron chi connectivity index (χ0n) is 11.7. The first-order valence-electron chi connectivity index (χ1n) is 6.72. The van der Waals surface area contributed by atoms with Crippen molar-refractivity contribution in [2.75, 3.05) is 19.6 Å². The van der Waals surface area contributed by atoms with Crippen LogP contribution >= 0.6 is 0 Å². The topological polar surface area (TPSA) is 54.5 Å². The highest BCUT2D eigenvalue weighted by Gasteiger charge is 2.22. The summed E-state index contributed by atoms with van der Waals surface area (Å²) in [6.07, 6.45) is 0.0528. The van der Waals surface area contributed by atoms with Gasteiger partial charge < -0.3 is 15.0 Å². The first kappa shape index (κ1) is 13.8. The standard InChI is InChI=1S/C14H21N3O2/c1-10(2)19-13-6-4-5-12(16-13)14(18)17-8-7-15-11(3)9-17/h4-6,10-11,15H,7-9H2,1-3H3/t11-/m1/s1. The number of nitrogens with one attached hydrogen (secondary N) is 1. The number of rotatable bonds is 3. The Bertz CT molecular complexity index is 448. The minimum atomic E-state index is -0.0254. The van der Waals surface area contributed by atoms with E-state index in [2.05, 4.69) is 17.2 Å². The molecule has 1 aromatic heterocycles. The lowest BCUT2D eigenvalue weighted by Crippen LogP contribution is -2.51. The lowest BCUT2D eigenvalue weighted by molar-refractivity contribution is 0.0701. The Labute approximate surface area is 114 Å². The van der Waals surface area contributed by atoms with Crippen LogP contribution in [0.5, 0.6) is 5.88 Å². The first-order chi connectivity index (χ1) is 9.06. The van der Waals surface area contributed by atoms with Crippen LogP contribution in [-0.4, -0.2) is 47.6 Å². The van der Waals surface area contributed by atoms with Gasteiger partial charge in [0.25, 0.3) is 5.91 Å². The van der Waals surface area contributed by atoms with E-state index in [0.717, 1.165) is 19.6 Å². The number of carbonyl (C=O) groups is 1. The van der Waals surface area contributed by atoms with Crippen molar-refractivity contribution < 1.29 is 9.53 Å². The maximum atomic E-state index is 12.4. The molecule has 0 radical (unpaired) electrons. The fourth-order valence-corrected chi connectivity index (χ4v) is 2.12. The van der Waals surface area contributed by atoms with Crippen LogP contribution < -0.4 is 10.1 Å². The molecule has 0 spiro atoms. The van der Waals surface area contributed by atoms with Gasteiger partial charge in [-0.1, -0.05) is 6.07 Å². The Hall–Kier alpha value is -1.62. The van der Waals surface area contributed by atoms with Crippen LogP contribution in [0.3, 0.4) is 0 Å². The molecule has 1 atom stereocenters. The number of ether oxygens (including phenoxy) is 1. The largest absolute Gasteiger partial charge is 0.475 e. The molecule has 0 saturated carbocycles. The van der Waals surface area contributed by atoms with Gasteiger partial charge in [0.1, 0.15) is 5.69 Å². The number of aromatic nitrogens is 1. The molecule has 2 rings (SSSR count). The van der Waals surface area contributed by atoms with E-state index in [-0.39, 0.29) is 12.0 Å².